The molecule has 0 unspecified atom stereocenters. The summed E-state index contributed by atoms with van der Waals surface area (Å²) in [5.74, 6) is 0. The maximum atomic E-state index is 3.89. The molecule has 0 aliphatic carbocycles. The van der Waals surface area contributed by atoms with Crippen LogP contribution < -0.4 is 19.3 Å². The molecule has 0 saturated carbocycles. The summed E-state index contributed by atoms with van der Waals surface area (Å²) in [6, 6.07) is 83.3. The van der Waals surface area contributed by atoms with Crippen LogP contribution in [-0.4, -0.2) is 4.57 Å². The number of benzene rings is 9. The normalized spacial score (nSPS) is 12.5. The number of rotatable bonds is 9. The zero-order valence-corrected chi connectivity index (χ0v) is 42.6. The van der Waals surface area contributed by atoms with Gasteiger partial charge in [0.1, 0.15) is 0 Å². The van der Waals surface area contributed by atoms with Crippen molar-refractivity contribution >= 4 is 50.8 Å². The molecular formula is C64H54N5Pt+. The number of aromatic nitrogens is 2. The molecule has 0 fully saturated rings. The molecule has 5 nitrogen and oxygen atoms in total. The van der Waals surface area contributed by atoms with E-state index in [2.05, 4.69) is 303 Å². The Labute approximate surface area is 427 Å². The molecule has 0 spiro atoms. The van der Waals surface area contributed by atoms with Gasteiger partial charge in [0.05, 0.1) is 16.7 Å². The number of hydrogen-bond donors (Lipinski definition) is 0. The van der Waals surface area contributed by atoms with E-state index in [-0.39, 0.29) is 31.9 Å². The number of para-hydroxylation sites is 5. The van der Waals surface area contributed by atoms with Crippen molar-refractivity contribution in [1.82, 2.24) is 4.57 Å². The van der Waals surface area contributed by atoms with Gasteiger partial charge in [0.2, 0.25) is 0 Å². The predicted molar refractivity (Wildman–Crippen MR) is 286 cm³/mol. The fourth-order valence-corrected chi connectivity index (χ4v) is 9.42. The van der Waals surface area contributed by atoms with Crippen LogP contribution in [0, 0.1) is 25.1 Å². The van der Waals surface area contributed by atoms with Crippen LogP contribution in [0.15, 0.2) is 212 Å². The van der Waals surface area contributed by atoms with Crippen molar-refractivity contribution in [2.24, 2.45) is 0 Å². The molecule has 0 radical (unpaired) electrons. The summed E-state index contributed by atoms with van der Waals surface area (Å²) in [5.41, 5.74) is 18.2. The van der Waals surface area contributed by atoms with E-state index in [1.807, 2.05) is 0 Å². The Morgan fingerprint density at radius 1 is 0.457 bits per heavy atom. The largest absolute Gasteiger partial charge is 4.00 e. The number of anilines is 7. The van der Waals surface area contributed by atoms with Gasteiger partial charge < -0.3 is 19.3 Å². The first-order chi connectivity index (χ1) is 33.5. The Morgan fingerprint density at radius 2 is 0.971 bits per heavy atom. The maximum absolute atomic E-state index is 3.89. The van der Waals surface area contributed by atoms with Crippen molar-refractivity contribution < 1.29 is 25.6 Å². The summed E-state index contributed by atoms with van der Waals surface area (Å²) in [5, 5.41) is 0. The van der Waals surface area contributed by atoms with E-state index >= 15 is 0 Å². The first-order valence-electron chi connectivity index (χ1n) is 23.8. The van der Waals surface area contributed by atoms with E-state index in [1.165, 1.54) is 22.3 Å². The first-order valence-corrected chi connectivity index (χ1v) is 23.8. The molecule has 0 N–H and O–H groups in total. The monoisotopic (exact) mass is 1090 g/mol. The molecule has 10 aromatic rings. The topological polar surface area (TPSA) is 18.5 Å². The van der Waals surface area contributed by atoms with Crippen molar-refractivity contribution in [1.29, 1.82) is 0 Å². The van der Waals surface area contributed by atoms with E-state index in [0.29, 0.717) is 0 Å². The Morgan fingerprint density at radius 3 is 1.61 bits per heavy atom. The molecule has 0 amide bonds. The van der Waals surface area contributed by atoms with Crippen LogP contribution in [0.25, 0.3) is 44.7 Å². The molecule has 344 valence electrons. The van der Waals surface area contributed by atoms with Gasteiger partial charge in [-0.15, -0.1) is 36.6 Å². The molecule has 9 aromatic carbocycles. The van der Waals surface area contributed by atoms with Crippen LogP contribution in [0.5, 0.6) is 0 Å². The van der Waals surface area contributed by atoms with Gasteiger partial charge >= 0.3 is 21.1 Å². The minimum atomic E-state index is -0.0419. The van der Waals surface area contributed by atoms with Crippen LogP contribution in [0.4, 0.5) is 39.8 Å². The van der Waals surface area contributed by atoms with Crippen molar-refractivity contribution in [2.45, 2.75) is 52.4 Å². The fraction of sp³-hybridized carbons (Fsp3) is 0.125. The summed E-state index contributed by atoms with van der Waals surface area (Å²) < 4.78 is 4.36. The summed E-state index contributed by atoms with van der Waals surface area (Å²) in [7, 11) is 0. The second-order valence-electron chi connectivity index (χ2n) is 19.8. The molecule has 1 aliphatic heterocycles. The zero-order chi connectivity index (χ0) is 47.3. The molecule has 1 aromatic heterocycles. The van der Waals surface area contributed by atoms with Gasteiger partial charge in [-0.05, 0) is 80.7 Å². The third kappa shape index (κ3) is 8.76. The third-order valence-corrected chi connectivity index (χ3v) is 13.1. The zero-order valence-electron chi connectivity index (χ0n) is 40.3. The van der Waals surface area contributed by atoms with Gasteiger partial charge in [0, 0.05) is 28.3 Å². The van der Waals surface area contributed by atoms with Crippen LogP contribution in [0.3, 0.4) is 0 Å². The van der Waals surface area contributed by atoms with Gasteiger partial charge in [0.25, 0.3) is 6.33 Å². The second kappa shape index (κ2) is 18.8. The fourth-order valence-electron chi connectivity index (χ4n) is 9.42. The molecule has 6 heteroatoms. The molecular weight excluding hydrogens is 1030 g/mol. The quantitative estimate of drug-likeness (QED) is 0.106. The Hall–Kier alpha value is -7.46. The van der Waals surface area contributed by atoms with Crippen LogP contribution in [0.1, 0.15) is 52.7 Å². The minimum absolute atomic E-state index is 0. The summed E-state index contributed by atoms with van der Waals surface area (Å²) in [6.45, 7) is 15.8. The van der Waals surface area contributed by atoms with Gasteiger partial charge in [-0.25, -0.2) is 0 Å². The number of nitrogens with zero attached hydrogens (tertiary/aromatic N) is 5. The maximum Gasteiger partial charge on any atom is 4.00 e. The molecule has 1 aliphatic rings. The minimum Gasteiger partial charge on any atom is -0.493 e. The Bertz CT molecular complexity index is 3460. The van der Waals surface area contributed by atoms with E-state index < -0.39 is 0 Å². The van der Waals surface area contributed by atoms with Gasteiger partial charge in [-0.3, -0.25) is 4.57 Å². The van der Waals surface area contributed by atoms with Crippen molar-refractivity contribution in [3.8, 4) is 33.6 Å². The Balaban J connectivity index is 0.00000567. The molecule has 0 bridgehead atoms. The van der Waals surface area contributed by atoms with Gasteiger partial charge in [0.15, 0.2) is 0 Å². The van der Waals surface area contributed by atoms with Crippen LogP contribution >= 0.6 is 0 Å². The first kappa shape index (κ1) is 46.3. The number of fused-ring (bicyclic) bond motifs is 2. The predicted octanol–water partition coefficient (Wildman–Crippen LogP) is 16.1. The average molecular weight is 1090 g/mol. The molecule has 2 heterocycles. The summed E-state index contributed by atoms with van der Waals surface area (Å²) in [4.78, 5) is 6.85. The van der Waals surface area contributed by atoms with Crippen LogP contribution in [-0.2, 0) is 31.9 Å². The third-order valence-electron chi connectivity index (χ3n) is 13.1. The smallest absolute Gasteiger partial charge is 0.493 e. The average Bonchev–Trinajstić information content (AvgIpc) is 3.96. The summed E-state index contributed by atoms with van der Waals surface area (Å²) >= 11 is 0. The second-order valence-corrected chi connectivity index (χ2v) is 19.8. The molecule has 0 atom stereocenters. The van der Waals surface area contributed by atoms with E-state index in [9.17, 15) is 0 Å². The molecule has 0 saturated heterocycles. The SMILES string of the molecule is CC(C)(C)c1ccc(-c2ccccc2)c(N2[CH-]N(c3[c-]c(N(c4[c-]c(-n5[c-][n+](-c6cc(C(C)(C)C)ccc6-c6ccccc6)c6ccccc65)ccc4)c4ccccc4)ccc3)c3ccccc32)c1.[Pt+4]. The molecule has 11 rings (SSSR count). The number of hydrogen-bond acceptors (Lipinski definition) is 3. The number of imidazole rings is 1. The van der Waals surface area contributed by atoms with E-state index in [0.717, 1.165) is 73.3 Å². The van der Waals surface area contributed by atoms with Crippen molar-refractivity contribution in [3.63, 3.8) is 0 Å². The van der Waals surface area contributed by atoms with Crippen LogP contribution in [0.2, 0.25) is 0 Å². The Kier molecular flexibility index (Phi) is 12.4. The summed E-state index contributed by atoms with van der Waals surface area (Å²) in [6.07, 6.45) is 3.82. The van der Waals surface area contributed by atoms with Crippen molar-refractivity contribution in [3.05, 3.63) is 249 Å². The van der Waals surface area contributed by atoms with Gasteiger partial charge in [-0.2, -0.15) is 24.3 Å². The molecule has 70 heavy (non-hydrogen) atoms. The van der Waals surface area contributed by atoms with E-state index in [4.69, 9.17) is 0 Å². The van der Waals surface area contributed by atoms with Gasteiger partial charge in [-0.1, -0.05) is 192 Å². The van der Waals surface area contributed by atoms with E-state index in [1.54, 1.807) is 0 Å². The van der Waals surface area contributed by atoms with Crippen molar-refractivity contribution in [2.75, 3.05) is 14.7 Å². The standard InChI is InChI=1S/C64H54N5.Pt/c1-63(2,3)48-36-38-55(46-22-10-7-11-23-46)61(40-48)67-44-65(57-32-16-18-34-59(57)67)51-28-20-30-53(42-51)69(50-26-14-9-15-27-50)54-31-21-29-52(43-54)66-45-68(60-35-19-17-33-58(60)66)62-41-49(64(4,5)6)37-39-56(62)47-24-12-8-13-25-47;/h7-41,44H,1-6H3;/q-3;+4.